The summed E-state index contributed by atoms with van der Waals surface area (Å²) in [7, 11) is -3.30. The number of nitrogens with zero attached hydrogens (tertiary/aromatic N) is 3. The van der Waals surface area contributed by atoms with Crippen molar-refractivity contribution in [2.75, 3.05) is 12.0 Å². The van der Waals surface area contributed by atoms with Crippen LogP contribution in [0.1, 0.15) is 0 Å². The molecule has 0 bridgehead atoms. The number of benzene rings is 2. The van der Waals surface area contributed by atoms with Gasteiger partial charge in [0.2, 0.25) is 5.95 Å². The molecule has 4 aromatic rings. The first-order chi connectivity index (χ1) is 13.7. The molecule has 0 aliphatic rings. The normalized spacial score (nSPS) is 11.7. The summed E-state index contributed by atoms with van der Waals surface area (Å²) in [6.45, 7) is 0. The number of pyridine rings is 1. The van der Waals surface area contributed by atoms with E-state index in [1.807, 2.05) is 6.07 Å². The van der Waals surface area contributed by atoms with E-state index in [0.717, 1.165) is 17.4 Å². The van der Waals surface area contributed by atoms with Gasteiger partial charge >= 0.3 is 0 Å². The number of fused-ring (bicyclic) bond motifs is 1. The molecule has 0 atom stereocenters. The van der Waals surface area contributed by atoms with Gasteiger partial charge in [-0.15, -0.1) is 0 Å². The van der Waals surface area contributed by atoms with Gasteiger partial charge in [-0.25, -0.2) is 22.8 Å². The zero-order valence-corrected chi connectivity index (χ0v) is 17.5. The third-order valence-corrected chi connectivity index (χ3v) is 6.13. The quantitative estimate of drug-likeness (QED) is 0.478. The Kier molecular flexibility index (Phi) is 4.79. The Labute approximate surface area is 174 Å². The molecular formula is C20H14BrFN4O2S. The molecule has 2 aromatic carbocycles. The minimum Gasteiger partial charge on any atom is -0.368 e. The topological polar surface area (TPSA) is 98.8 Å². The van der Waals surface area contributed by atoms with E-state index in [2.05, 4.69) is 30.9 Å². The predicted molar refractivity (Wildman–Crippen MR) is 113 cm³/mol. The summed E-state index contributed by atoms with van der Waals surface area (Å²) in [5, 5.41) is 0.661. The lowest BCUT2D eigenvalue weighted by molar-refractivity contribution is 0.602. The van der Waals surface area contributed by atoms with Gasteiger partial charge in [0.25, 0.3) is 0 Å². The molecule has 6 nitrogen and oxygen atoms in total. The van der Waals surface area contributed by atoms with Crippen LogP contribution in [0, 0.1) is 5.82 Å². The second-order valence-corrected chi connectivity index (χ2v) is 9.32. The van der Waals surface area contributed by atoms with Gasteiger partial charge in [0.05, 0.1) is 15.1 Å². The second kappa shape index (κ2) is 7.16. The average Bonchev–Trinajstić information content (AvgIpc) is 2.68. The molecule has 9 heteroatoms. The lowest BCUT2D eigenvalue weighted by Gasteiger charge is -2.11. The Hall–Kier alpha value is -2.91. The summed E-state index contributed by atoms with van der Waals surface area (Å²) in [5.41, 5.74) is 8.89. The van der Waals surface area contributed by atoms with Crippen LogP contribution in [0.3, 0.4) is 0 Å². The van der Waals surface area contributed by atoms with E-state index in [1.165, 1.54) is 18.2 Å². The smallest absolute Gasteiger partial charge is 0.222 e. The van der Waals surface area contributed by atoms with E-state index in [0.29, 0.717) is 26.8 Å². The summed E-state index contributed by atoms with van der Waals surface area (Å²) in [5.74, 6) is -0.287. The van der Waals surface area contributed by atoms with E-state index in [4.69, 9.17) is 5.73 Å². The van der Waals surface area contributed by atoms with E-state index < -0.39 is 9.84 Å². The Morgan fingerprint density at radius 3 is 2.34 bits per heavy atom. The van der Waals surface area contributed by atoms with Crippen LogP contribution in [0.15, 0.2) is 64.1 Å². The van der Waals surface area contributed by atoms with Crippen LogP contribution in [0.4, 0.5) is 10.3 Å². The highest BCUT2D eigenvalue weighted by molar-refractivity contribution is 9.10. The van der Waals surface area contributed by atoms with Crippen molar-refractivity contribution in [1.82, 2.24) is 15.0 Å². The average molecular weight is 473 g/mol. The van der Waals surface area contributed by atoms with Crippen molar-refractivity contribution in [1.29, 1.82) is 0 Å². The Bertz CT molecular complexity index is 1360. The fourth-order valence-electron chi connectivity index (χ4n) is 2.95. The van der Waals surface area contributed by atoms with Crippen molar-refractivity contribution in [3.05, 3.63) is 65.0 Å². The number of nitrogen functional groups attached to an aromatic ring is 1. The van der Waals surface area contributed by atoms with E-state index in [-0.39, 0.29) is 16.7 Å². The minimum atomic E-state index is -3.30. The largest absolute Gasteiger partial charge is 0.368 e. The fourth-order valence-corrected chi connectivity index (χ4v) is 3.95. The third-order valence-electron chi connectivity index (χ3n) is 4.39. The van der Waals surface area contributed by atoms with Crippen molar-refractivity contribution < 1.29 is 12.8 Å². The molecule has 0 saturated carbocycles. The molecule has 29 heavy (non-hydrogen) atoms. The van der Waals surface area contributed by atoms with Crippen molar-refractivity contribution >= 4 is 42.7 Å². The maximum atomic E-state index is 13.7. The number of nitrogens with two attached hydrogens (primary N) is 1. The second-order valence-electron chi connectivity index (χ2n) is 6.45. The molecule has 0 saturated heterocycles. The number of anilines is 1. The number of sulfone groups is 1. The van der Waals surface area contributed by atoms with E-state index in [9.17, 15) is 12.8 Å². The van der Waals surface area contributed by atoms with Gasteiger partial charge < -0.3 is 5.73 Å². The third kappa shape index (κ3) is 3.83. The van der Waals surface area contributed by atoms with Crippen molar-refractivity contribution in [2.24, 2.45) is 0 Å². The van der Waals surface area contributed by atoms with Crippen molar-refractivity contribution in [3.63, 3.8) is 0 Å². The number of hydrogen-bond donors (Lipinski definition) is 1. The molecule has 2 N–H and O–H groups in total. The number of rotatable bonds is 3. The molecule has 4 rings (SSSR count). The number of hydrogen-bond acceptors (Lipinski definition) is 6. The molecule has 0 fully saturated rings. The molecule has 146 valence electrons. The Balaban J connectivity index is 1.95. The van der Waals surface area contributed by atoms with Crippen LogP contribution in [-0.4, -0.2) is 29.6 Å². The predicted octanol–water partition coefficient (Wildman–Crippen LogP) is 4.25. The number of halogens is 2. The summed E-state index contributed by atoms with van der Waals surface area (Å²) in [6.07, 6.45) is 2.73. The van der Waals surface area contributed by atoms with Gasteiger partial charge in [-0.05, 0) is 57.4 Å². The van der Waals surface area contributed by atoms with Gasteiger partial charge in [0.1, 0.15) is 5.82 Å². The highest BCUT2D eigenvalue weighted by Crippen LogP contribution is 2.33. The highest BCUT2D eigenvalue weighted by Gasteiger charge is 2.14. The van der Waals surface area contributed by atoms with Gasteiger partial charge in [-0.3, -0.25) is 0 Å². The standard InChI is InChI=1S/C20H14BrFN4O2S/c1-29(27,28)13-5-2-11(3-6-13)18-9-14(12-4-7-17(22)16(21)8-12)15-10-24-20(23)26-19(15)25-18/h2-10H,1H3,(H2,23,24,25,26). The van der Waals surface area contributed by atoms with Crippen molar-refractivity contribution in [2.45, 2.75) is 4.90 Å². The SMILES string of the molecule is CS(=O)(=O)c1ccc(-c2cc(-c3ccc(F)c(Br)c3)c3cnc(N)nc3n2)cc1. The lowest BCUT2D eigenvalue weighted by Crippen LogP contribution is -1.99. The van der Waals surface area contributed by atoms with Crippen LogP contribution in [-0.2, 0) is 9.84 Å². The monoisotopic (exact) mass is 472 g/mol. The Morgan fingerprint density at radius 2 is 1.69 bits per heavy atom. The van der Waals surface area contributed by atoms with Crippen molar-refractivity contribution in [3.8, 4) is 22.4 Å². The zero-order valence-electron chi connectivity index (χ0n) is 15.1. The first-order valence-electron chi connectivity index (χ1n) is 8.41. The van der Waals surface area contributed by atoms with E-state index >= 15 is 0 Å². The van der Waals surface area contributed by atoms with Gasteiger partial charge in [-0.2, -0.15) is 4.98 Å². The maximum Gasteiger partial charge on any atom is 0.222 e. The molecule has 0 amide bonds. The summed E-state index contributed by atoms with van der Waals surface area (Å²) in [6, 6.07) is 12.9. The lowest BCUT2D eigenvalue weighted by atomic mass is 10.0. The minimum absolute atomic E-state index is 0.0841. The first-order valence-corrected chi connectivity index (χ1v) is 11.1. The van der Waals surface area contributed by atoms with Crippen LogP contribution in [0.5, 0.6) is 0 Å². The van der Waals surface area contributed by atoms with Gasteiger partial charge in [0, 0.05) is 23.4 Å². The van der Waals surface area contributed by atoms with Crippen LogP contribution < -0.4 is 5.73 Å². The molecule has 2 heterocycles. The molecule has 0 unspecified atom stereocenters. The van der Waals surface area contributed by atoms with Crippen LogP contribution in [0.2, 0.25) is 0 Å². The molecule has 0 aliphatic heterocycles. The van der Waals surface area contributed by atoms with Gasteiger partial charge in [0.15, 0.2) is 15.5 Å². The first kappa shape index (κ1) is 19.4. The molecule has 0 aliphatic carbocycles. The van der Waals surface area contributed by atoms with Crippen LogP contribution >= 0.6 is 15.9 Å². The molecule has 0 radical (unpaired) electrons. The summed E-state index contributed by atoms with van der Waals surface area (Å²) >= 11 is 3.21. The molecule has 2 aromatic heterocycles. The van der Waals surface area contributed by atoms with E-state index in [1.54, 1.807) is 30.5 Å². The van der Waals surface area contributed by atoms with Gasteiger partial charge in [-0.1, -0.05) is 18.2 Å². The molecular weight excluding hydrogens is 459 g/mol. The number of aromatic nitrogens is 3. The molecule has 0 spiro atoms. The highest BCUT2D eigenvalue weighted by atomic mass is 79.9. The van der Waals surface area contributed by atoms with Crippen LogP contribution in [0.25, 0.3) is 33.4 Å². The summed E-state index contributed by atoms with van der Waals surface area (Å²) in [4.78, 5) is 13.0. The zero-order chi connectivity index (χ0) is 20.8. The fraction of sp³-hybridized carbons (Fsp3) is 0.0500. The maximum absolute atomic E-state index is 13.7. The summed E-state index contributed by atoms with van der Waals surface area (Å²) < 4.78 is 37.5. The Morgan fingerprint density at radius 1 is 1.00 bits per heavy atom.